The molecule has 1 unspecified atom stereocenters. The van der Waals surface area contributed by atoms with Crippen LogP contribution in [0.15, 0.2) is 0 Å². The van der Waals surface area contributed by atoms with Crippen molar-refractivity contribution in [2.45, 2.75) is 45.1 Å². The van der Waals surface area contributed by atoms with Gasteiger partial charge in [0.1, 0.15) is 0 Å². The molecule has 0 radical (unpaired) electrons. The van der Waals surface area contributed by atoms with Crippen LogP contribution in [-0.4, -0.2) is 20.2 Å². The van der Waals surface area contributed by atoms with Crippen LogP contribution in [0.4, 0.5) is 0 Å². The Kier molecular flexibility index (Phi) is 3.53. The minimum absolute atomic E-state index is 0.212. The maximum absolute atomic E-state index is 11.1. The van der Waals surface area contributed by atoms with Crippen molar-refractivity contribution in [2.24, 2.45) is 0 Å². The number of sulfonamides is 1. The molecule has 1 atom stereocenters. The minimum atomic E-state index is -2.91. The average Bonchev–Trinajstić information content (AvgIpc) is 1.99. The summed E-state index contributed by atoms with van der Waals surface area (Å²) in [4.78, 5) is 0. The molecule has 0 spiro atoms. The summed E-state index contributed by atoms with van der Waals surface area (Å²) in [5, 5.41) is 0. The van der Waals surface area contributed by atoms with Crippen LogP contribution in [0.2, 0.25) is 0 Å². The van der Waals surface area contributed by atoms with Gasteiger partial charge >= 0.3 is 0 Å². The summed E-state index contributed by atoms with van der Waals surface area (Å²) in [6.07, 6.45) is 5.09. The fourth-order valence-corrected chi connectivity index (χ4v) is 2.95. The number of unbranched alkanes of at least 4 members (excludes halogenated alkanes) is 1. The van der Waals surface area contributed by atoms with Crippen molar-refractivity contribution in [1.29, 1.82) is 0 Å². The highest BCUT2D eigenvalue weighted by molar-refractivity contribution is 7.89. The second-order valence-corrected chi connectivity index (χ2v) is 5.29. The molecule has 1 heterocycles. The Bertz CT molecular complexity index is 223. The molecular weight excluding hydrogens is 174 g/mol. The Morgan fingerprint density at radius 2 is 2.25 bits per heavy atom. The molecule has 3 nitrogen and oxygen atoms in total. The van der Waals surface area contributed by atoms with Gasteiger partial charge in [-0.25, -0.2) is 13.1 Å². The lowest BCUT2D eigenvalue weighted by molar-refractivity contribution is 0.461. The molecule has 0 aromatic carbocycles. The average molecular weight is 191 g/mol. The third kappa shape index (κ3) is 3.11. The summed E-state index contributed by atoms with van der Waals surface area (Å²) >= 11 is 0. The molecule has 0 amide bonds. The standard InChI is InChI=1S/C8H17NO2S/c1-2-3-5-8-6-4-7-12(10,11)9-8/h8-9H,2-7H2,1H3. The summed E-state index contributed by atoms with van der Waals surface area (Å²) < 4.78 is 24.9. The van der Waals surface area contributed by atoms with E-state index in [9.17, 15) is 8.42 Å². The van der Waals surface area contributed by atoms with E-state index in [0.29, 0.717) is 5.75 Å². The largest absolute Gasteiger partial charge is 0.212 e. The summed E-state index contributed by atoms with van der Waals surface area (Å²) in [5.74, 6) is 0.315. The summed E-state index contributed by atoms with van der Waals surface area (Å²) in [7, 11) is -2.91. The molecule has 12 heavy (non-hydrogen) atoms. The SMILES string of the molecule is CCCCC1CCCS(=O)(=O)N1. The normalized spacial score (nSPS) is 28.6. The highest BCUT2D eigenvalue weighted by Crippen LogP contribution is 2.13. The third-order valence-corrected chi connectivity index (χ3v) is 3.74. The van der Waals surface area contributed by atoms with Gasteiger partial charge in [0, 0.05) is 6.04 Å². The van der Waals surface area contributed by atoms with Crippen molar-refractivity contribution in [3.8, 4) is 0 Å². The van der Waals surface area contributed by atoms with Crippen LogP contribution in [-0.2, 0) is 10.0 Å². The maximum Gasteiger partial charge on any atom is 0.211 e. The Hall–Kier alpha value is -0.0900. The van der Waals surface area contributed by atoms with E-state index in [1.54, 1.807) is 0 Å². The summed E-state index contributed by atoms with van der Waals surface area (Å²) in [6.45, 7) is 2.12. The molecule has 1 N–H and O–H groups in total. The smallest absolute Gasteiger partial charge is 0.211 e. The molecule has 0 saturated carbocycles. The maximum atomic E-state index is 11.1. The quantitative estimate of drug-likeness (QED) is 0.730. The number of hydrogen-bond acceptors (Lipinski definition) is 2. The van der Waals surface area contributed by atoms with Crippen LogP contribution in [0.3, 0.4) is 0 Å². The predicted octanol–water partition coefficient (Wildman–Crippen LogP) is 1.26. The van der Waals surface area contributed by atoms with E-state index in [2.05, 4.69) is 11.6 Å². The molecule has 1 rings (SSSR count). The topological polar surface area (TPSA) is 46.2 Å². The van der Waals surface area contributed by atoms with Gasteiger partial charge in [0.2, 0.25) is 10.0 Å². The van der Waals surface area contributed by atoms with Gasteiger partial charge in [-0.2, -0.15) is 0 Å². The molecule has 1 aliphatic rings. The van der Waals surface area contributed by atoms with Crippen LogP contribution >= 0.6 is 0 Å². The predicted molar refractivity (Wildman–Crippen MR) is 49.5 cm³/mol. The molecule has 0 aromatic heterocycles. The van der Waals surface area contributed by atoms with Gasteiger partial charge < -0.3 is 0 Å². The molecule has 0 aliphatic carbocycles. The highest BCUT2D eigenvalue weighted by Gasteiger charge is 2.22. The Balaban J connectivity index is 2.36. The van der Waals surface area contributed by atoms with Gasteiger partial charge in [-0.15, -0.1) is 0 Å². The summed E-state index contributed by atoms with van der Waals surface area (Å²) in [6, 6.07) is 0.212. The Morgan fingerprint density at radius 1 is 1.50 bits per heavy atom. The first kappa shape index (κ1) is 9.99. The van der Waals surface area contributed by atoms with Gasteiger partial charge in [0.05, 0.1) is 5.75 Å². The number of hydrogen-bond donors (Lipinski definition) is 1. The van der Waals surface area contributed by atoms with Crippen LogP contribution in [0.25, 0.3) is 0 Å². The van der Waals surface area contributed by atoms with E-state index in [4.69, 9.17) is 0 Å². The van der Waals surface area contributed by atoms with Gasteiger partial charge in [-0.3, -0.25) is 0 Å². The number of nitrogens with one attached hydrogen (secondary N) is 1. The molecule has 72 valence electrons. The van der Waals surface area contributed by atoms with Gasteiger partial charge in [0.25, 0.3) is 0 Å². The second kappa shape index (κ2) is 4.23. The van der Waals surface area contributed by atoms with Crippen molar-refractivity contribution in [3.63, 3.8) is 0 Å². The Morgan fingerprint density at radius 3 is 2.83 bits per heavy atom. The first-order valence-corrected chi connectivity index (χ1v) is 6.29. The van der Waals surface area contributed by atoms with Crippen molar-refractivity contribution < 1.29 is 8.42 Å². The van der Waals surface area contributed by atoms with Gasteiger partial charge in [-0.1, -0.05) is 19.8 Å². The van der Waals surface area contributed by atoms with Crippen molar-refractivity contribution in [2.75, 3.05) is 5.75 Å². The molecule has 0 aromatic rings. The van der Waals surface area contributed by atoms with Crippen LogP contribution in [0, 0.1) is 0 Å². The first-order chi connectivity index (χ1) is 5.64. The minimum Gasteiger partial charge on any atom is -0.212 e. The monoisotopic (exact) mass is 191 g/mol. The van der Waals surface area contributed by atoms with Crippen molar-refractivity contribution in [3.05, 3.63) is 0 Å². The van der Waals surface area contributed by atoms with Crippen molar-refractivity contribution in [1.82, 2.24) is 4.72 Å². The Labute approximate surface area is 74.6 Å². The van der Waals surface area contributed by atoms with E-state index in [-0.39, 0.29) is 6.04 Å². The lowest BCUT2D eigenvalue weighted by Gasteiger charge is -2.22. The number of rotatable bonds is 3. The van der Waals surface area contributed by atoms with Crippen molar-refractivity contribution >= 4 is 10.0 Å². The second-order valence-electron chi connectivity index (χ2n) is 3.42. The highest BCUT2D eigenvalue weighted by atomic mass is 32.2. The van der Waals surface area contributed by atoms with E-state index < -0.39 is 10.0 Å². The van der Waals surface area contributed by atoms with Crippen LogP contribution < -0.4 is 4.72 Å². The zero-order valence-corrected chi connectivity index (χ0v) is 8.36. The van der Waals surface area contributed by atoms with Gasteiger partial charge in [-0.05, 0) is 19.3 Å². The lowest BCUT2D eigenvalue weighted by Crippen LogP contribution is -2.40. The van der Waals surface area contributed by atoms with E-state index in [1.165, 1.54) is 0 Å². The molecule has 1 aliphatic heterocycles. The zero-order valence-electron chi connectivity index (χ0n) is 7.54. The fraction of sp³-hybridized carbons (Fsp3) is 1.00. The van der Waals surface area contributed by atoms with Crippen LogP contribution in [0.1, 0.15) is 39.0 Å². The first-order valence-electron chi connectivity index (χ1n) is 4.64. The fourth-order valence-electron chi connectivity index (χ4n) is 1.55. The van der Waals surface area contributed by atoms with Gasteiger partial charge in [0.15, 0.2) is 0 Å². The molecule has 0 bridgehead atoms. The van der Waals surface area contributed by atoms with E-state index >= 15 is 0 Å². The molecule has 1 fully saturated rings. The molecular formula is C8H17NO2S. The molecule has 1 saturated heterocycles. The van der Waals surface area contributed by atoms with E-state index in [0.717, 1.165) is 32.1 Å². The zero-order chi connectivity index (χ0) is 9.03. The summed E-state index contributed by atoms with van der Waals surface area (Å²) in [5.41, 5.74) is 0. The van der Waals surface area contributed by atoms with Crippen LogP contribution in [0.5, 0.6) is 0 Å². The third-order valence-electron chi connectivity index (χ3n) is 2.22. The lowest BCUT2D eigenvalue weighted by atomic mass is 10.1. The molecule has 4 heteroatoms. The van der Waals surface area contributed by atoms with E-state index in [1.807, 2.05) is 0 Å².